The van der Waals surface area contributed by atoms with Crippen LogP contribution in [0.2, 0.25) is 0 Å². The predicted molar refractivity (Wildman–Crippen MR) is 79.9 cm³/mol. The molecular weight excluding hydrogens is 277 g/mol. The van der Waals surface area contributed by atoms with Crippen molar-refractivity contribution < 1.29 is 14.3 Å². The van der Waals surface area contributed by atoms with Gasteiger partial charge in [0.1, 0.15) is 10.7 Å². The molecule has 2 aromatic rings. The summed E-state index contributed by atoms with van der Waals surface area (Å²) in [5.41, 5.74) is 0.633. The van der Waals surface area contributed by atoms with E-state index >= 15 is 0 Å². The Balaban J connectivity index is 2.39. The van der Waals surface area contributed by atoms with Crippen LogP contribution in [0.1, 0.15) is 36.0 Å². The Kier molecular flexibility index (Phi) is 4.11. The number of carboxylic acid groups (broad SMARTS) is 1. The van der Waals surface area contributed by atoms with Crippen LogP contribution in [-0.2, 0) is 6.54 Å². The molecule has 1 aromatic carbocycles. The molecular formula is C15H18FNO2S. The van der Waals surface area contributed by atoms with Crippen molar-refractivity contribution in [1.82, 2.24) is 5.32 Å². The maximum absolute atomic E-state index is 14.0. The van der Waals surface area contributed by atoms with Crippen molar-refractivity contribution in [3.05, 3.63) is 34.5 Å². The highest BCUT2D eigenvalue weighted by molar-refractivity contribution is 7.21. The van der Waals surface area contributed by atoms with Gasteiger partial charge in [-0.3, -0.25) is 0 Å². The first kappa shape index (κ1) is 14.9. The van der Waals surface area contributed by atoms with E-state index in [0.717, 1.165) is 17.9 Å². The summed E-state index contributed by atoms with van der Waals surface area (Å²) in [6, 6.07) is 4.73. The lowest BCUT2D eigenvalue weighted by Crippen LogP contribution is -2.26. The predicted octanol–water partition coefficient (Wildman–Crippen LogP) is 3.87. The number of thiophene rings is 1. The minimum Gasteiger partial charge on any atom is -0.477 e. The molecule has 0 spiro atoms. The van der Waals surface area contributed by atoms with E-state index in [1.54, 1.807) is 12.1 Å². The van der Waals surface area contributed by atoms with Crippen molar-refractivity contribution in [2.75, 3.05) is 6.54 Å². The summed E-state index contributed by atoms with van der Waals surface area (Å²) >= 11 is 1.12. The van der Waals surface area contributed by atoms with Crippen molar-refractivity contribution >= 4 is 27.4 Å². The third-order valence-corrected chi connectivity index (χ3v) is 4.10. The van der Waals surface area contributed by atoms with Gasteiger partial charge in [0.15, 0.2) is 0 Å². The van der Waals surface area contributed by atoms with Crippen LogP contribution in [0.4, 0.5) is 4.39 Å². The van der Waals surface area contributed by atoms with Gasteiger partial charge in [-0.15, -0.1) is 11.3 Å². The minimum absolute atomic E-state index is 0.0910. The molecule has 0 atom stereocenters. The molecule has 0 amide bonds. The van der Waals surface area contributed by atoms with Crippen LogP contribution in [0.15, 0.2) is 18.2 Å². The van der Waals surface area contributed by atoms with Crippen molar-refractivity contribution in [1.29, 1.82) is 0 Å². The zero-order valence-electron chi connectivity index (χ0n) is 11.8. The highest BCUT2D eigenvalue weighted by Gasteiger charge is 2.20. The van der Waals surface area contributed by atoms with Gasteiger partial charge in [0.25, 0.3) is 0 Å². The number of halogens is 1. The number of hydrogen-bond donors (Lipinski definition) is 2. The summed E-state index contributed by atoms with van der Waals surface area (Å²) in [5, 5.41) is 12.9. The molecule has 2 N–H and O–H groups in total. The van der Waals surface area contributed by atoms with Gasteiger partial charge in [-0.2, -0.15) is 0 Å². The normalized spacial score (nSPS) is 12.0. The third-order valence-electron chi connectivity index (χ3n) is 2.91. The second-order valence-electron chi connectivity index (χ2n) is 5.99. The Labute approximate surface area is 121 Å². The number of hydrogen-bond acceptors (Lipinski definition) is 3. The summed E-state index contributed by atoms with van der Waals surface area (Å²) in [7, 11) is 0. The van der Waals surface area contributed by atoms with E-state index in [1.807, 2.05) is 0 Å². The molecule has 0 fully saturated rings. The van der Waals surface area contributed by atoms with E-state index in [0.29, 0.717) is 22.2 Å². The van der Waals surface area contributed by atoms with E-state index in [-0.39, 0.29) is 16.1 Å². The SMILES string of the molecule is CC(C)(C)CNCc1c(C(=O)O)sc2cccc(F)c12. The highest BCUT2D eigenvalue weighted by atomic mass is 32.1. The molecule has 3 nitrogen and oxygen atoms in total. The largest absolute Gasteiger partial charge is 0.477 e. The molecule has 2 rings (SSSR count). The number of carboxylic acids is 1. The Hall–Kier alpha value is -1.46. The van der Waals surface area contributed by atoms with Crippen molar-refractivity contribution in [3.8, 4) is 0 Å². The fourth-order valence-electron chi connectivity index (χ4n) is 2.07. The van der Waals surface area contributed by atoms with E-state index in [4.69, 9.17) is 0 Å². The Bertz CT molecular complexity index is 643. The molecule has 0 bridgehead atoms. The highest BCUT2D eigenvalue weighted by Crippen LogP contribution is 2.33. The van der Waals surface area contributed by atoms with Crippen LogP contribution < -0.4 is 5.32 Å². The van der Waals surface area contributed by atoms with Crippen molar-refractivity contribution in [3.63, 3.8) is 0 Å². The van der Waals surface area contributed by atoms with E-state index in [9.17, 15) is 14.3 Å². The van der Waals surface area contributed by atoms with Gasteiger partial charge >= 0.3 is 5.97 Å². The molecule has 0 aliphatic heterocycles. The molecule has 0 aliphatic carbocycles. The maximum atomic E-state index is 14.0. The van der Waals surface area contributed by atoms with E-state index < -0.39 is 5.97 Å². The zero-order chi connectivity index (χ0) is 14.9. The van der Waals surface area contributed by atoms with Gasteiger partial charge in [0.05, 0.1) is 0 Å². The van der Waals surface area contributed by atoms with Gasteiger partial charge in [-0.1, -0.05) is 26.8 Å². The molecule has 20 heavy (non-hydrogen) atoms. The van der Waals surface area contributed by atoms with Crippen LogP contribution in [0.5, 0.6) is 0 Å². The summed E-state index contributed by atoms with van der Waals surface area (Å²) in [6.45, 7) is 7.36. The summed E-state index contributed by atoms with van der Waals surface area (Å²) < 4.78 is 14.6. The van der Waals surface area contributed by atoms with Crippen LogP contribution in [0.3, 0.4) is 0 Å². The average Bonchev–Trinajstić information content (AvgIpc) is 2.68. The summed E-state index contributed by atoms with van der Waals surface area (Å²) in [5.74, 6) is -1.36. The van der Waals surface area contributed by atoms with Gasteiger partial charge in [-0.25, -0.2) is 9.18 Å². The second kappa shape index (κ2) is 5.50. The lowest BCUT2D eigenvalue weighted by molar-refractivity contribution is 0.0701. The lowest BCUT2D eigenvalue weighted by atomic mass is 9.97. The van der Waals surface area contributed by atoms with Crippen molar-refractivity contribution in [2.24, 2.45) is 5.41 Å². The Morgan fingerprint density at radius 1 is 1.40 bits per heavy atom. The molecule has 0 unspecified atom stereocenters. The molecule has 0 radical (unpaired) electrons. The van der Waals surface area contributed by atoms with Crippen LogP contribution >= 0.6 is 11.3 Å². The lowest BCUT2D eigenvalue weighted by Gasteiger charge is -2.18. The van der Waals surface area contributed by atoms with Gasteiger partial charge in [-0.05, 0) is 17.5 Å². The average molecular weight is 295 g/mol. The summed E-state index contributed by atoms with van der Waals surface area (Å²) in [4.78, 5) is 11.5. The number of aromatic carboxylic acids is 1. The number of nitrogens with one attached hydrogen (secondary N) is 1. The molecule has 0 saturated carbocycles. The second-order valence-corrected chi connectivity index (χ2v) is 7.04. The molecule has 0 saturated heterocycles. The first-order valence-corrected chi connectivity index (χ1v) is 7.25. The standard InChI is InChI=1S/C15H18FNO2S/c1-15(2,3)8-17-7-9-12-10(16)5-4-6-11(12)20-13(9)14(18)19/h4-6,17H,7-8H2,1-3H3,(H,18,19). The quantitative estimate of drug-likeness (QED) is 0.900. The zero-order valence-corrected chi connectivity index (χ0v) is 12.6. The molecule has 0 aliphatic rings. The van der Waals surface area contributed by atoms with E-state index in [2.05, 4.69) is 26.1 Å². The molecule has 5 heteroatoms. The smallest absolute Gasteiger partial charge is 0.346 e. The molecule has 1 heterocycles. The number of benzene rings is 1. The maximum Gasteiger partial charge on any atom is 0.346 e. The molecule has 1 aromatic heterocycles. The van der Waals surface area contributed by atoms with Gasteiger partial charge < -0.3 is 10.4 Å². The number of carbonyl (C=O) groups is 1. The topological polar surface area (TPSA) is 49.3 Å². The fraction of sp³-hybridized carbons (Fsp3) is 0.400. The van der Waals surface area contributed by atoms with E-state index in [1.165, 1.54) is 6.07 Å². The fourth-order valence-corrected chi connectivity index (χ4v) is 3.15. The van der Waals surface area contributed by atoms with Gasteiger partial charge in [0.2, 0.25) is 0 Å². The first-order valence-electron chi connectivity index (χ1n) is 6.43. The van der Waals surface area contributed by atoms with Crippen molar-refractivity contribution in [2.45, 2.75) is 27.3 Å². The van der Waals surface area contributed by atoms with Crippen LogP contribution in [-0.4, -0.2) is 17.6 Å². The minimum atomic E-state index is -1.00. The molecule has 108 valence electrons. The number of fused-ring (bicyclic) bond motifs is 1. The summed E-state index contributed by atoms with van der Waals surface area (Å²) in [6.07, 6.45) is 0. The Morgan fingerprint density at radius 2 is 2.10 bits per heavy atom. The third kappa shape index (κ3) is 3.16. The van der Waals surface area contributed by atoms with Crippen LogP contribution in [0.25, 0.3) is 10.1 Å². The van der Waals surface area contributed by atoms with Gasteiger partial charge in [0, 0.05) is 28.7 Å². The Morgan fingerprint density at radius 3 is 2.70 bits per heavy atom. The monoisotopic (exact) mass is 295 g/mol. The van der Waals surface area contributed by atoms with Crippen LogP contribution in [0, 0.1) is 11.2 Å². The number of rotatable bonds is 4. The first-order chi connectivity index (χ1) is 9.29.